The van der Waals surface area contributed by atoms with Crippen LogP contribution in [0.4, 0.5) is 0 Å². The van der Waals surface area contributed by atoms with E-state index in [1.807, 2.05) is 6.07 Å². The first-order valence-corrected chi connectivity index (χ1v) is 7.83. The van der Waals surface area contributed by atoms with Crippen molar-refractivity contribution >= 4 is 11.9 Å². The highest BCUT2D eigenvalue weighted by molar-refractivity contribution is 5.66. The number of hydrogen-bond acceptors (Lipinski definition) is 7. The van der Waals surface area contributed by atoms with E-state index in [1.165, 1.54) is 13.8 Å². The molecule has 0 fully saturated rings. The van der Waals surface area contributed by atoms with Crippen molar-refractivity contribution in [3.8, 4) is 11.5 Å². The molecule has 0 saturated carbocycles. The van der Waals surface area contributed by atoms with Gasteiger partial charge in [0.15, 0.2) is 11.5 Å². The number of ether oxygens (including phenoxy) is 4. The zero-order valence-corrected chi connectivity index (χ0v) is 13.6. The molecule has 130 valence electrons. The zero-order chi connectivity index (χ0) is 17.3. The number of rotatable bonds is 4. The van der Waals surface area contributed by atoms with Gasteiger partial charge in [0.25, 0.3) is 0 Å². The van der Waals surface area contributed by atoms with Gasteiger partial charge in [0, 0.05) is 25.7 Å². The summed E-state index contributed by atoms with van der Waals surface area (Å²) in [6.07, 6.45) is -0.259. The quantitative estimate of drug-likeness (QED) is 0.830. The number of hydrogen-bond donors (Lipinski definition) is 1. The molecule has 7 nitrogen and oxygen atoms in total. The molecule has 0 amide bonds. The first kappa shape index (κ1) is 16.6. The molecule has 24 heavy (non-hydrogen) atoms. The Morgan fingerprint density at radius 2 is 1.75 bits per heavy atom. The summed E-state index contributed by atoms with van der Waals surface area (Å²) in [6.45, 7) is 3.04. The summed E-state index contributed by atoms with van der Waals surface area (Å²) in [7, 11) is 0. The van der Waals surface area contributed by atoms with Crippen molar-refractivity contribution in [1.29, 1.82) is 0 Å². The summed E-state index contributed by atoms with van der Waals surface area (Å²) in [5.41, 5.74) is 1.65. The van der Waals surface area contributed by atoms with Gasteiger partial charge in [0.2, 0.25) is 6.79 Å². The van der Waals surface area contributed by atoms with Gasteiger partial charge in [-0.15, -0.1) is 0 Å². The molecule has 3 rings (SSSR count). The second kappa shape index (κ2) is 6.68. The normalized spacial score (nSPS) is 24.2. The molecule has 2 unspecified atom stereocenters. The maximum atomic E-state index is 11.1. The van der Waals surface area contributed by atoms with E-state index >= 15 is 0 Å². The molecule has 1 aromatic rings. The second-order valence-electron chi connectivity index (χ2n) is 6.08. The molecule has 3 atom stereocenters. The standard InChI is InChI=1S/C17H20O7/c1-9(18)21-6-12-3-11-4-15-16(24-8-23-15)5-13(11)17(20)14(12)7-22-10(2)19/h4-5,12,14,17,20H,3,6-8H2,1-2H3/t12?,14?,17-/m0/s1. The lowest BCUT2D eigenvalue weighted by Gasteiger charge is -2.36. The Labute approximate surface area is 139 Å². The van der Waals surface area contributed by atoms with Crippen molar-refractivity contribution < 1.29 is 33.6 Å². The molecule has 7 heteroatoms. The summed E-state index contributed by atoms with van der Waals surface area (Å²) >= 11 is 0. The van der Waals surface area contributed by atoms with Crippen LogP contribution in [0.15, 0.2) is 12.1 Å². The lowest BCUT2D eigenvalue weighted by atomic mass is 9.74. The zero-order valence-electron chi connectivity index (χ0n) is 13.6. The number of aliphatic hydroxyl groups excluding tert-OH is 1. The molecule has 2 aliphatic rings. The molecule has 0 saturated heterocycles. The summed E-state index contributed by atoms with van der Waals surface area (Å²) in [4.78, 5) is 22.3. The SMILES string of the molecule is CC(=O)OCC1Cc2cc3c(cc2[C@H](O)C1COC(C)=O)OCO3. The van der Waals surface area contributed by atoms with Gasteiger partial charge in [-0.3, -0.25) is 9.59 Å². The monoisotopic (exact) mass is 336 g/mol. The number of carbonyl (C=O) groups is 2. The number of carbonyl (C=O) groups excluding carboxylic acids is 2. The van der Waals surface area contributed by atoms with Gasteiger partial charge in [-0.1, -0.05) is 0 Å². The lowest BCUT2D eigenvalue weighted by Crippen LogP contribution is -2.36. The number of benzene rings is 1. The highest BCUT2D eigenvalue weighted by Crippen LogP contribution is 2.44. The van der Waals surface area contributed by atoms with Gasteiger partial charge >= 0.3 is 11.9 Å². The van der Waals surface area contributed by atoms with Crippen molar-refractivity contribution in [2.24, 2.45) is 11.8 Å². The first-order valence-electron chi connectivity index (χ1n) is 7.83. The van der Waals surface area contributed by atoms with Crippen LogP contribution in [0, 0.1) is 11.8 Å². The molecule has 0 radical (unpaired) electrons. The largest absolute Gasteiger partial charge is 0.466 e. The minimum Gasteiger partial charge on any atom is -0.466 e. The van der Waals surface area contributed by atoms with Crippen LogP contribution in [0.25, 0.3) is 0 Å². The van der Waals surface area contributed by atoms with Crippen molar-refractivity contribution in [3.63, 3.8) is 0 Å². The molecular weight excluding hydrogens is 316 g/mol. The van der Waals surface area contributed by atoms with Crippen molar-refractivity contribution in [2.45, 2.75) is 26.4 Å². The average molecular weight is 336 g/mol. The van der Waals surface area contributed by atoms with Crippen LogP contribution in [0.1, 0.15) is 31.1 Å². The Morgan fingerprint density at radius 3 is 2.42 bits per heavy atom. The Bertz CT molecular complexity index is 655. The van der Waals surface area contributed by atoms with E-state index in [4.69, 9.17) is 18.9 Å². The highest BCUT2D eigenvalue weighted by Gasteiger charge is 2.38. The smallest absolute Gasteiger partial charge is 0.302 e. The Morgan fingerprint density at radius 1 is 1.12 bits per heavy atom. The average Bonchev–Trinajstić information content (AvgIpc) is 2.97. The topological polar surface area (TPSA) is 91.3 Å². The van der Waals surface area contributed by atoms with Gasteiger partial charge in [0.1, 0.15) is 0 Å². The van der Waals surface area contributed by atoms with E-state index < -0.39 is 12.1 Å². The molecule has 1 aliphatic carbocycles. The number of aliphatic hydroxyl groups is 1. The van der Waals surface area contributed by atoms with Gasteiger partial charge < -0.3 is 24.1 Å². The summed E-state index contributed by atoms with van der Waals surface area (Å²) in [6, 6.07) is 3.62. The highest BCUT2D eigenvalue weighted by atomic mass is 16.7. The molecule has 1 aromatic carbocycles. The third kappa shape index (κ3) is 3.31. The summed E-state index contributed by atoms with van der Waals surface area (Å²) < 4.78 is 21.0. The third-order valence-corrected chi connectivity index (χ3v) is 4.43. The summed E-state index contributed by atoms with van der Waals surface area (Å²) in [5, 5.41) is 10.8. The molecular formula is C17H20O7. The predicted octanol–water partition coefficient (Wildman–Crippen LogP) is 1.36. The van der Waals surface area contributed by atoms with E-state index in [1.54, 1.807) is 6.07 Å². The Hall–Kier alpha value is -2.28. The van der Waals surface area contributed by atoms with E-state index in [2.05, 4.69) is 0 Å². The van der Waals surface area contributed by atoms with E-state index in [0.29, 0.717) is 17.9 Å². The number of esters is 2. The lowest BCUT2D eigenvalue weighted by molar-refractivity contribution is -0.149. The van der Waals surface area contributed by atoms with Crippen LogP contribution < -0.4 is 9.47 Å². The van der Waals surface area contributed by atoms with Crippen LogP contribution in [0.3, 0.4) is 0 Å². The van der Waals surface area contributed by atoms with Crippen LogP contribution in [0.5, 0.6) is 11.5 Å². The van der Waals surface area contributed by atoms with Gasteiger partial charge in [-0.05, 0) is 29.7 Å². The van der Waals surface area contributed by atoms with Crippen LogP contribution in [0.2, 0.25) is 0 Å². The maximum Gasteiger partial charge on any atom is 0.302 e. The van der Waals surface area contributed by atoms with E-state index in [9.17, 15) is 14.7 Å². The molecule has 1 heterocycles. The number of fused-ring (bicyclic) bond motifs is 2. The van der Waals surface area contributed by atoms with Gasteiger partial charge in [-0.25, -0.2) is 0 Å². The molecule has 0 aromatic heterocycles. The van der Waals surface area contributed by atoms with Crippen molar-refractivity contribution in [3.05, 3.63) is 23.3 Å². The Kier molecular flexibility index (Phi) is 4.62. The minimum absolute atomic E-state index is 0.0658. The fourth-order valence-electron chi connectivity index (χ4n) is 3.22. The fourth-order valence-corrected chi connectivity index (χ4v) is 3.22. The molecule has 1 aliphatic heterocycles. The van der Waals surface area contributed by atoms with Crippen LogP contribution in [-0.4, -0.2) is 37.1 Å². The Balaban J connectivity index is 1.87. The fraction of sp³-hybridized carbons (Fsp3) is 0.529. The molecule has 0 bridgehead atoms. The van der Waals surface area contributed by atoms with Crippen molar-refractivity contribution in [1.82, 2.24) is 0 Å². The maximum absolute atomic E-state index is 11.1. The third-order valence-electron chi connectivity index (χ3n) is 4.43. The minimum atomic E-state index is -0.844. The van der Waals surface area contributed by atoms with Gasteiger partial charge in [0.05, 0.1) is 19.3 Å². The predicted molar refractivity (Wildman–Crippen MR) is 81.5 cm³/mol. The van der Waals surface area contributed by atoms with Gasteiger partial charge in [-0.2, -0.15) is 0 Å². The van der Waals surface area contributed by atoms with E-state index in [-0.39, 0.29) is 37.8 Å². The van der Waals surface area contributed by atoms with Crippen LogP contribution in [-0.2, 0) is 25.5 Å². The van der Waals surface area contributed by atoms with Crippen molar-refractivity contribution in [2.75, 3.05) is 20.0 Å². The van der Waals surface area contributed by atoms with E-state index in [0.717, 1.165) is 11.1 Å². The second-order valence-corrected chi connectivity index (χ2v) is 6.08. The molecule has 0 spiro atoms. The van der Waals surface area contributed by atoms with Crippen LogP contribution >= 0.6 is 0 Å². The summed E-state index contributed by atoms with van der Waals surface area (Å²) in [5.74, 6) is -0.0718. The molecule has 1 N–H and O–H groups in total. The first-order chi connectivity index (χ1) is 11.5.